The molecule has 38 heavy (non-hydrogen) atoms. The van der Waals surface area contributed by atoms with Gasteiger partial charge in [0.2, 0.25) is 0 Å². The fourth-order valence-electron chi connectivity index (χ4n) is 5.00. The highest BCUT2D eigenvalue weighted by molar-refractivity contribution is 7.09. The molecule has 0 saturated carbocycles. The summed E-state index contributed by atoms with van der Waals surface area (Å²) in [6.45, 7) is 12.9. The van der Waals surface area contributed by atoms with E-state index in [1.165, 1.54) is 17.4 Å². The maximum absolute atomic E-state index is 13.6. The van der Waals surface area contributed by atoms with Crippen molar-refractivity contribution in [2.75, 3.05) is 19.8 Å². The highest BCUT2D eigenvalue weighted by Gasteiger charge is 2.33. The van der Waals surface area contributed by atoms with E-state index in [0.717, 1.165) is 49.2 Å². The van der Waals surface area contributed by atoms with E-state index in [-0.39, 0.29) is 28.9 Å². The molecule has 2 saturated heterocycles. The van der Waals surface area contributed by atoms with Crippen LogP contribution in [-0.4, -0.2) is 53.3 Å². The van der Waals surface area contributed by atoms with Gasteiger partial charge < -0.3 is 14.0 Å². The number of ether oxygens (including phenoxy) is 2. The third-order valence-corrected chi connectivity index (χ3v) is 8.58. The summed E-state index contributed by atoms with van der Waals surface area (Å²) in [7, 11) is 0. The standard InChI is InChI=1S/C28H38F3N3O3S/c1-18(2)34-12-6-8-20(34)17-37-23-11-10-19(28(29,30)31)14-22(23)25(35)32-26-33(15-21-9-7-13-36-21)16-24(38-26)27(3,4)5/h10-11,14,16,18,20-21H,6-9,12-13,15,17H2,1-5H3/b32-26-/t20-,21+/m0/s1. The number of alkyl halides is 3. The van der Waals surface area contributed by atoms with Crippen molar-refractivity contribution in [2.24, 2.45) is 4.99 Å². The quantitative estimate of drug-likeness (QED) is 0.420. The molecule has 0 radical (unpaired) electrons. The molecular formula is C28H38F3N3O3S. The van der Waals surface area contributed by atoms with Crippen LogP contribution in [0.2, 0.25) is 0 Å². The molecule has 6 nitrogen and oxygen atoms in total. The minimum atomic E-state index is -4.59. The van der Waals surface area contributed by atoms with Gasteiger partial charge in [-0.2, -0.15) is 18.2 Å². The molecule has 210 valence electrons. The lowest BCUT2D eigenvalue weighted by Crippen LogP contribution is -2.39. The van der Waals surface area contributed by atoms with Gasteiger partial charge in [0.15, 0.2) is 4.80 Å². The summed E-state index contributed by atoms with van der Waals surface area (Å²) in [5, 5.41) is 0. The van der Waals surface area contributed by atoms with Gasteiger partial charge in [0.25, 0.3) is 5.91 Å². The van der Waals surface area contributed by atoms with Crippen molar-refractivity contribution < 1.29 is 27.4 Å². The van der Waals surface area contributed by atoms with E-state index in [2.05, 4.69) is 44.5 Å². The Kier molecular flexibility index (Phi) is 8.74. The van der Waals surface area contributed by atoms with E-state index in [0.29, 0.717) is 30.6 Å². The fraction of sp³-hybridized carbons (Fsp3) is 0.643. The Morgan fingerprint density at radius 1 is 1.21 bits per heavy atom. The first-order valence-electron chi connectivity index (χ1n) is 13.3. The topological polar surface area (TPSA) is 56.1 Å². The number of benzene rings is 1. The van der Waals surface area contributed by atoms with Crippen LogP contribution in [0.5, 0.6) is 5.75 Å². The number of nitrogens with zero attached hydrogens (tertiary/aromatic N) is 3. The molecule has 1 amide bonds. The number of thiazole rings is 1. The molecule has 3 heterocycles. The Balaban J connectivity index is 1.68. The summed E-state index contributed by atoms with van der Waals surface area (Å²) in [4.78, 5) is 21.6. The molecule has 2 atom stereocenters. The van der Waals surface area contributed by atoms with Crippen molar-refractivity contribution in [3.05, 3.63) is 45.2 Å². The molecule has 0 spiro atoms. The largest absolute Gasteiger partial charge is 0.491 e. The predicted molar refractivity (Wildman–Crippen MR) is 142 cm³/mol. The van der Waals surface area contributed by atoms with E-state index in [4.69, 9.17) is 9.47 Å². The predicted octanol–water partition coefficient (Wildman–Crippen LogP) is 6.04. The van der Waals surface area contributed by atoms with Crippen molar-refractivity contribution in [1.29, 1.82) is 0 Å². The van der Waals surface area contributed by atoms with Crippen molar-refractivity contribution in [1.82, 2.24) is 9.47 Å². The Hall–Kier alpha value is -2.17. The minimum absolute atomic E-state index is 0.0224. The van der Waals surface area contributed by atoms with Crippen LogP contribution in [0.4, 0.5) is 13.2 Å². The lowest BCUT2D eigenvalue weighted by Gasteiger charge is -2.28. The molecule has 2 aliphatic rings. The zero-order valence-corrected chi connectivity index (χ0v) is 23.6. The van der Waals surface area contributed by atoms with Crippen molar-refractivity contribution >= 4 is 17.2 Å². The van der Waals surface area contributed by atoms with Crippen molar-refractivity contribution in [3.63, 3.8) is 0 Å². The van der Waals surface area contributed by atoms with E-state index in [1.54, 1.807) is 0 Å². The van der Waals surface area contributed by atoms with Crippen molar-refractivity contribution in [2.45, 2.75) is 96.6 Å². The first-order valence-corrected chi connectivity index (χ1v) is 14.2. The molecule has 10 heteroatoms. The van der Waals surface area contributed by atoms with Crippen LogP contribution >= 0.6 is 11.3 Å². The Labute approximate surface area is 226 Å². The smallest absolute Gasteiger partial charge is 0.416 e. The zero-order chi connectivity index (χ0) is 27.7. The number of carbonyl (C=O) groups is 1. The van der Waals surface area contributed by atoms with Gasteiger partial charge in [0.1, 0.15) is 12.4 Å². The minimum Gasteiger partial charge on any atom is -0.491 e. The number of amides is 1. The van der Waals surface area contributed by atoms with Gasteiger partial charge in [-0.1, -0.05) is 20.8 Å². The monoisotopic (exact) mass is 553 g/mol. The summed E-state index contributed by atoms with van der Waals surface area (Å²) in [5.41, 5.74) is -1.25. The normalized spacial score (nSPS) is 21.6. The third-order valence-electron chi connectivity index (χ3n) is 7.14. The lowest BCUT2D eigenvalue weighted by atomic mass is 9.95. The molecule has 0 aliphatic carbocycles. The molecule has 2 aliphatic heterocycles. The number of aromatic nitrogens is 1. The molecule has 1 aromatic heterocycles. The van der Waals surface area contributed by atoms with Crippen LogP contribution < -0.4 is 9.54 Å². The summed E-state index contributed by atoms with van der Waals surface area (Å²) < 4.78 is 54.4. The second-order valence-corrected chi connectivity index (χ2v) is 12.5. The number of carbonyl (C=O) groups excluding carboxylic acids is 1. The van der Waals surface area contributed by atoms with Gasteiger partial charge in [-0.3, -0.25) is 9.69 Å². The summed E-state index contributed by atoms with van der Waals surface area (Å²) >= 11 is 1.38. The molecule has 0 unspecified atom stereocenters. The Morgan fingerprint density at radius 2 is 1.97 bits per heavy atom. The maximum atomic E-state index is 13.6. The van der Waals surface area contributed by atoms with Gasteiger partial charge in [0.05, 0.1) is 23.8 Å². The van der Waals surface area contributed by atoms with E-state index >= 15 is 0 Å². The highest BCUT2D eigenvalue weighted by Crippen LogP contribution is 2.33. The fourth-order valence-corrected chi connectivity index (χ4v) is 6.06. The number of halogens is 3. The molecular weight excluding hydrogens is 515 g/mol. The number of hydrogen-bond donors (Lipinski definition) is 0. The first-order chi connectivity index (χ1) is 17.8. The Morgan fingerprint density at radius 3 is 2.61 bits per heavy atom. The summed E-state index contributed by atoms with van der Waals surface area (Å²) in [5.74, 6) is -0.623. The maximum Gasteiger partial charge on any atom is 0.416 e. The van der Waals surface area contributed by atoms with Gasteiger partial charge in [-0.15, -0.1) is 11.3 Å². The zero-order valence-electron chi connectivity index (χ0n) is 22.8. The highest BCUT2D eigenvalue weighted by atomic mass is 32.1. The van der Waals surface area contributed by atoms with Crippen LogP contribution in [0, 0.1) is 0 Å². The van der Waals surface area contributed by atoms with Gasteiger partial charge in [0, 0.05) is 29.8 Å². The summed E-state index contributed by atoms with van der Waals surface area (Å²) in [6, 6.07) is 3.55. The molecule has 0 N–H and O–H groups in total. The van der Waals surface area contributed by atoms with Gasteiger partial charge in [-0.25, -0.2) is 0 Å². The second-order valence-electron chi connectivity index (χ2n) is 11.5. The van der Waals surface area contributed by atoms with E-state index in [1.807, 2.05) is 10.8 Å². The second kappa shape index (κ2) is 11.5. The average molecular weight is 554 g/mol. The molecule has 1 aromatic carbocycles. The van der Waals surface area contributed by atoms with Gasteiger partial charge in [-0.05, 0) is 69.7 Å². The average Bonchev–Trinajstić information content (AvgIpc) is 3.58. The summed E-state index contributed by atoms with van der Waals surface area (Å²) in [6.07, 6.45) is 1.29. The number of rotatable bonds is 7. The first kappa shape index (κ1) is 28.8. The molecule has 2 fully saturated rings. The van der Waals surface area contributed by atoms with E-state index < -0.39 is 17.6 Å². The third kappa shape index (κ3) is 6.87. The molecule has 0 bridgehead atoms. The SMILES string of the molecule is CC(C)N1CCC[C@H]1COc1ccc(C(F)(F)F)cc1C(=O)/N=c1\sc(C(C)(C)C)cn1C[C@H]1CCCO1. The van der Waals surface area contributed by atoms with Crippen molar-refractivity contribution in [3.8, 4) is 5.75 Å². The van der Waals surface area contributed by atoms with Crippen LogP contribution in [0.15, 0.2) is 29.4 Å². The van der Waals surface area contributed by atoms with Gasteiger partial charge >= 0.3 is 6.18 Å². The van der Waals surface area contributed by atoms with Crippen LogP contribution in [0.25, 0.3) is 0 Å². The van der Waals surface area contributed by atoms with E-state index in [9.17, 15) is 18.0 Å². The van der Waals surface area contributed by atoms with Crippen LogP contribution in [0.1, 0.15) is 81.1 Å². The Bertz CT molecular complexity index is 1190. The lowest BCUT2D eigenvalue weighted by molar-refractivity contribution is -0.137. The van der Waals surface area contributed by atoms with Crippen LogP contribution in [-0.2, 0) is 22.9 Å². The van der Waals surface area contributed by atoms with Crippen LogP contribution in [0.3, 0.4) is 0 Å². The molecule has 4 rings (SSSR count). The molecule has 2 aromatic rings. The number of hydrogen-bond acceptors (Lipinski definition) is 5. The number of likely N-dealkylation sites (tertiary alicyclic amines) is 1.